The van der Waals surface area contributed by atoms with Crippen molar-refractivity contribution in [2.45, 2.75) is 26.7 Å². The smallest absolute Gasteiger partial charge is 0.123 e. The van der Waals surface area contributed by atoms with Crippen molar-refractivity contribution < 1.29 is 4.39 Å². The number of nitrogens with one attached hydrogen (secondary N) is 1. The number of aryl methyl sites for hydroxylation is 1. The maximum atomic E-state index is 13.3. The summed E-state index contributed by atoms with van der Waals surface area (Å²) in [5, 5.41) is 0. The monoisotopic (exact) mass is 261 g/mol. The normalized spacial score (nSPS) is 12.9. The third kappa shape index (κ3) is 2.84. The summed E-state index contributed by atoms with van der Waals surface area (Å²) in [5.41, 5.74) is 8.34. The van der Waals surface area contributed by atoms with Crippen LogP contribution in [0.2, 0.25) is 0 Å². The number of halogens is 1. The summed E-state index contributed by atoms with van der Waals surface area (Å²) < 4.78 is 13.3. The molecule has 3 nitrogen and oxygen atoms in total. The predicted molar refractivity (Wildman–Crippen MR) is 75.4 cm³/mol. The Labute approximate surface area is 113 Å². The van der Waals surface area contributed by atoms with Crippen molar-refractivity contribution in [3.63, 3.8) is 0 Å². The van der Waals surface area contributed by atoms with E-state index in [-0.39, 0.29) is 11.7 Å². The fourth-order valence-electron chi connectivity index (χ4n) is 2.28. The zero-order valence-corrected chi connectivity index (χ0v) is 11.6. The van der Waals surface area contributed by atoms with Gasteiger partial charge in [0.25, 0.3) is 0 Å². The summed E-state index contributed by atoms with van der Waals surface area (Å²) in [5.74, 6) is 1.24. The van der Waals surface area contributed by atoms with E-state index in [0.29, 0.717) is 12.5 Å². The maximum absolute atomic E-state index is 13.3. The Hall–Kier alpha value is -1.68. The molecular formula is C15H20FN3. The molecule has 0 amide bonds. The van der Waals surface area contributed by atoms with Gasteiger partial charge in [-0.2, -0.15) is 0 Å². The van der Waals surface area contributed by atoms with E-state index < -0.39 is 0 Å². The van der Waals surface area contributed by atoms with Gasteiger partial charge in [0, 0.05) is 23.7 Å². The highest BCUT2D eigenvalue weighted by molar-refractivity contribution is 5.62. The van der Waals surface area contributed by atoms with Crippen molar-refractivity contribution in [1.82, 2.24) is 9.97 Å². The zero-order valence-electron chi connectivity index (χ0n) is 11.6. The standard InChI is InChI=1S/C15H20FN3/c1-9(2)13(8-17)15-18-10(3)14(19-15)11-5-4-6-12(16)7-11/h4-7,9,13H,8,17H2,1-3H3,(H,18,19). The number of benzene rings is 1. The average molecular weight is 261 g/mol. The van der Waals surface area contributed by atoms with Crippen LogP contribution in [0.1, 0.15) is 31.3 Å². The van der Waals surface area contributed by atoms with Gasteiger partial charge in [0.1, 0.15) is 11.6 Å². The molecular weight excluding hydrogens is 241 g/mol. The fraction of sp³-hybridized carbons (Fsp3) is 0.400. The van der Waals surface area contributed by atoms with Crippen LogP contribution in [0.3, 0.4) is 0 Å². The summed E-state index contributed by atoms with van der Waals surface area (Å²) in [6, 6.07) is 6.49. The van der Waals surface area contributed by atoms with Gasteiger partial charge in [-0.05, 0) is 25.0 Å². The van der Waals surface area contributed by atoms with E-state index in [4.69, 9.17) is 5.73 Å². The van der Waals surface area contributed by atoms with E-state index in [1.165, 1.54) is 12.1 Å². The van der Waals surface area contributed by atoms with Crippen molar-refractivity contribution in [2.75, 3.05) is 6.54 Å². The molecule has 4 heteroatoms. The van der Waals surface area contributed by atoms with Crippen LogP contribution in [-0.2, 0) is 0 Å². The Bertz CT molecular complexity index is 560. The number of imidazole rings is 1. The molecule has 2 rings (SSSR count). The van der Waals surface area contributed by atoms with Crippen LogP contribution < -0.4 is 5.73 Å². The van der Waals surface area contributed by atoms with Gasteiger partial charge < -0.3 is 10.7 Å². The number of rotatable bonds is 4. The first-order chi connectivity index (χ1) is 9.02. The van der Waals surface area contributed by atoms with Crippen molar-refractivity contribution in [3.8, 4) is 11.3 Å². The van der Waals surface area contributed by atoms with Crippen molar-refractivity contribution in [2.24, 2.45) is 11.7 Å². The topological polar surface area (TPSA) is 54.7 Å². The summed E-state index contributed by atoms with van der Waals surface area (Å²) in [6.45, 7) is 6.74. The molecule has 0 spiro atoms. The molecule has 0 aliphatic heterocycles. The van der Waals surface area contributed by atoms with Gasteiger partial charge in [-0.3, -0.25) is 0 Å². The Balaban J connectivity index is 2.41. The second-order valence-corrected chi connectivity index (χ2v) is 5.19. The number of H-pyrrole nitrogens is 1. The van der Waals surface area contributed by atoms with Gasteiger partial charge in [0.05, 0.1) is 5.69 Å². The summed E-state index contributed by atoms with van der Waals surface area (Å²) >= 11 is 0. The highest BCUT2D eigenvalue weighted by Gasteiger charge is 2.19. The SMILES string of the molecule is Cc1[nH]c(C(CN)C(C)C)nc1-c1cccc(F)c1. The molecule has 0 saturated heterocycles. The number of nitrogens with two attached hydrogens (primary N) is 1. The number of aromatic nitrogens is 2. The van der Waals surface area contributed by atoms with Crippen LogP contribution >= 0.6 is 0 Å². The van der Waals surface area contributed by atoms with Crippen LogP contribution in [0.15, 0.2) is 24.3 Å². The van der Waals surface area contributed by atoms with Gasteiger partial charge in [0.2, 0.25) is 0 Å². The molecule has 1 aromatic heterocycles. The van der Waals surface area contributed by atoms with Crippen LogP contribution in [0.4, 0.5) is 4.39 Å². The number of nitrogens with zero attached hydrogens (tertiary/aromatic N) is 1. The lowest BCUT2D eigenvalue weighted by Crippen LogP contribution is -2.19. The zero-order chi connectivity index (χ0) is 14.0. The van der Waals surface area contributed by atoms with Crippen molar-refractivity contribution in [1.29, 1.82) is 0 Å². The van der Waals surface area contributed by atoms with Crippen molar-refractivity contribution >= 4 is 0 Å². The van der Waals surface area contributed by atoms with E-state index in [0.717, 1.165) is 22.8 Å². The molecule has 19 heavy (non-hydrogen) atoms. The number of hydrogen-bond donors (Lipinski definition) is 2. The molecule has 0 radical (unpaired) electrons. The molecule has 0 saturated carbocycles. The fourth-order valence-corrected chi connectivity index (χ4v) is 2.28. The molecule has 102 valence electrons. The number of aromatic amines is 1. The van der Waals surface area contributed by atoms with Crippen LogP contribution in [-0.4, -0.2) is 16.5 Å². The van der Waals surface area contributed by atoms with Crippen LogP contribution in [0, 0.1) is 18.7 Å². The van der Waals surface area contributed by atoms with Gasteiger partial charge in [-0.25, -0.2) is 9.37 Å². The molecule has 1 aromatic carbocycles. The summed E-state index contributed by atoms with van der Waals surface area (Å²) in [7, 11) is 0. The third-order valence-electron chi connectivity index (χ3n) is 3.41. The Morgan fingerprint density at radius 2 is 2.11 bits per heavy atom. The third-order valence-corrected chi connectivity index (χ3v) is 3.41. The molecule has 0 fully saturated rings. The predicted octanol–water partition coefficient (Wildman–Crippen LogP) is 3.22. The van der Waals surface area contributed by atoms with Crippen molar-refractivity contribution in [3.05, 3.63) is 41.6 Å². The summed E-state index contributed by atoms with van der Waals surface area (Å²) in [6.07, 6.45) is 0. The molecule has 3 N–H and O–H groups in total. The van der Waals surface area contributed by atoms with Crippen LogP contribution in [0.25, 0.3) is 11.3 Å². The number of hydrogen-bond acceptors (Lipinski definition) is 2. The van der Waals surface area contributed by atoms with Gasteiger partial charge in [-0.1, -0.05) is 26.0 Å². The Morgan fingerprint density at radius 1 is 1.37 bits per heavy atom. The summed E-state index contributed by atoms with van der Waals surface area (Å²) in [4.78, 5) is 7.89. The first-order valence-corrected chi connectivity index (χ1v) is 6.55. The minimum atomic E-state index is -0.249. The van der Waals surface area contributed by atoms with Crippen LogP contribution in [0.5, 0.6) is 0 Å². The Kier molecular flexibility index (Phi) is 4.00. The van der Waals surface area contributed by atoms with E-state index in [1.54, 1.807) is 6.07 Å². The minimum Gasteiger partial charge on any atom is -0.345 e. The largest absolute Gasteiger partial charge is 0.345 e. The molecule has 1 unspecified atom stereocenters. The maximum Gasteiger partial charge on any atom is 0.123 e. The lowest BCUT2D eigenvalue weighted by atomic mass is 9.95. The molecule has 1 heterocycles. The first kappa shape index (κ1) is 13.7. The molecule has 1 atom stereocenters. The minimum absolute atomic E-state index is 0.195. The lowest BCUT2D eigenvalue weighted by Gasteiger charge is -2.15. The second-order valence-electron chi connectivity index (χ2n) is 5.19. The molecule has 0 aliphatic rings. The van der Waals surface area contributed by atoms with E-state index >= 15 is 0 Å². The van der Waals surface area contributed by atoms with E-state index in [1.807, 2.05) is 13.0 Å². The molecule has 0 aliphatic carbocycles. The first-order valence-electron chi connectivity index (χ1n) is 6.55. The van der Waals surface area contributed by atoms with E-state index in [2.05, 4.69) is 23.8 Å². The quantitative estimate of drug-likeness (QED) is 0.887. The molecule has 0 bridgehead atoms. The Morgan fingerprint density at radius 3 is 2.68 bits per heavy atom. The average Bonchev–Trinajstić information content (AvgIpc) is 2.71. The van der Waals surface area contributed by atoms with E-state index in [9.17, 15) is 4.39 Å². The second kappa shape index (κ2) is 5.53. The lowest BCUT2D eigenvalue weighted by molar-refractivity contribution is 0.487. The van der Waals surface area contributed by atoms with Gasteiger partial charge >= 0.3 is 0 Å². The molecule has 2 aromatic rings. The van der Waals surface area contributed by atoms with Gasteiger partial charge in [-0.15, -0.1) is 0 Å². The highest BCUT2D eigenvalue weighted by Crippen LogP contribution is 2.27. The van der Waals surface area contributed by atoms with Gasteiger partial charge in [0.15, 0.2) is 0 Å². The highest BCUT2D eigenvalue weighted by atomic mass is 19.1.